The number of hydrogen-bond acceptors (Lipinski definition) is 5. The summed E-state index contributed by atoms with van der Waals surface area (Å²) in [4.78, 5) is 23.8. The second-order valence-electron chi connectivity index (χ2n) is 5.23. The number of hydrogen-bond donors (Lipinski definition) is 0. The van der Waals surface area contributed by atoms with Crippen LogP contribution in [-0.2, 0) is 11.8 Å². The molecule has 21 heavy (non-hydrogen) atoms. The minimum Gasteiger partial charge on any atom is -0.367 e. The maximum atomic E-state index is 12.6. The van der Waals surface area contributed by atoms with Crippen molar-refractivity contribution in [2.24, 2.45) is 7.05 Å². The highest BCUT2D eigenvalue weighted by molar-refractivity contribution is 7.11. The van der Waals surface area contributed by atoms with Crippen molar-refractivity contribution in [3.8, 4) is 0 Å². The monoisotopic (exact) mass is 306 g/mol. The summed E-state index contributed by atoms with van der Waals surface area (Å²) in [5.74, 6) is 0.903. The Morgan fingerprint density at radius 1 is 1.48 bits per heavy atom. The zero-order valence-corrected chi connectivity index (χ0v) is 13.2. The highest BCUT2D eigenvalue weighted by atomic mass is 32.1. The van der Waals surface area contributed by atoms with E-state index in [2.05, 4.69) is 9.97 Å². The van der Waals surface area contributed by atoms with Crippen LogP contribution in [0.2, 0.25) is 0 Å². The van der Waals surface area contributed by atoms with E-state index in [-0.39, 0.29) is 12.0 Å². The van der Waals surface area contributed by atoms with Crippen LogP contribution < -0.4 is 0 Å². The third-order valence-corrected chi connectivity index (χ3v) is 4.53. The average Bonchev–Trinajstić information content (AvgIpc) is 3.03. The fourth-order valence-electron chi connectivity index (χ4n) is 2.57. The quantitative estimate of drug-likeness (QED) is 0.847. The molecule has 1 fully saturated rings. The molecule has 3 rings (SSSR count). The molecule has 0 spiro atoms. The Balaban J connectivity index is 1.79. The predicted octanol–water partition coefficient (Wildman–Crippen LogP) is 1.71. The molecule has 0 saturated carbocycles. The van der Waals surface area contributed by atoms with Crippen LogP contribution in [-0.4, -0.2) is 45.0 Å². The number of nitrogens with zero attached hydrogens (tertiary/aromatic N) is 4. The van der Waals surface area contributed by atoms with Gasteiger partial charge in [-0.15, -0.1) is 11.3 Å². The summed E-state index contributed by atoms with van der Waals surface area (Å²) in [5, 5.41) is 0. The molecule has 1 aliphatic heterocycles. The van der Waals surface area contributed by atoms with Crippen molar-refractivity contribution in [3.63, 3.8) is 0 Å². The first kappa shape index (κ1) is 14.2. The van der Waals surface area contributed by atoms with E-state index in [1.165, 1.54) is 11.3 Å². The molecule has 2 aromatic heterocycles. The average molecular weight is 306 g/mol. The predicted molar refractivity (Wildman–Crippen MR) is 79.4 cm³/mol. The molecule has 0 unspecified atom stereocenters. The van der Waals surface area contributed by atoms with Gasteiger partial charge in [-0.05, 0) is 13.8 Å². The maximum absolute atomic E-state index is 12.6. The third kappa shape index (κ3) is 2.71. The van der Waals surface area contributed by atoms with Crippen LogP contribution in [0.25, 0.3) is 0 Å². The Morgan fingerprint density at radius 3 is 2.90 bits per heavy atom. The van der Waals surface area contributed by atoms with Gasteiger partial charge in [0.1, 0.15) is 16.8 Å². The van der Waals surface area contributed by atoms with Crippen molar-refractivity contribution >= 4 is 17.2 Å². The molecular weight excluding hydrogens is 288 g/mol. The number of morpholine rings is 1. The van der Waals surface area contributed by atoms with Gasteiger partial charge in [-0.25, -0.2) is 9.97 Å². The van der Waals surface area contributed by atoms with Crippen molar-refractivity contribution in [2.75, 3.05) is 19.7 Å². The molecule has 1 atom stereocenters. The van der Waals surface area contributed by atoms with Crippen molar-refractivity contribution in [2.45, 2.75) is 20.0 Å². The van der Waals surface area contributed by atoms with Gasteiger partial charge >= 0.3 is 0 Å². The lowest BCUT2D eigenvalue weighted by Crippen LogP contribution is -2.42. The van der Waals surface area contributed by atoms with E-state index in [0.29, 0.717) is 24.6 Å². The first-order valence-corrected chi connectivity index (χ1v) is 7.75. The smallest absolute Gasteiger partial charge is 0.266 e. The van der Waals surface area contributed by atoms with E-state index < -0.39 is 0 Å². The fourth-order valence-corrected chi connectivity index (χ4v) is 3.34. The second kappa shape index (κ2) is 5.57. The molecule has 1 aliphatic rings. The number of rotatable bonds is 2. The first-order valence-electron chi connectivity index (χ1n) is 6.87. The molecule has 1 amide bonds. The number of aryl methyl sites for hydroxylation is 3. The van der Waals surface area contributed by atoms with Crippen LogP contribution in [0, 0.1) is 13.8 Å². The van der Waals surface area contributed by atoms with Gasteiger partial charge in [0.15, 0.2) is 0 Å². The number of thiazole rings is 1. The Morgan fingerprint density at radius 2 is 2.29 bits per heavy atom. The number of ether oxygens (including phenoxy) is 1. The van der Waals surface area contributed by atoms with Crippen LogP contribution in [0.5, 0.6) is 0 Å². The summed E-state index contributed by atoms with van der Waals surface area (Å²) < 4.78 is 7.76. The summed E-state index contributed by atoms with van der Waals surface area (Å²) in [6.45, 7) is 5.48. The van der Waals surface area contributed by atoms with Gasteiger partial charge in [-0.3, -0.25) is 4.79 Å². The Labute approximate surface area is 127 Å². The molecule has 0 bridgehead atoms. The summed E-state index contributed by atoms with van der Waals surface area (Å²) in [6.07, 6.45) is 1.79. The number of amides is 1. The van der Waals surface area contributed by atoms with Crippen molar-refractivity contribution in [1.29, 1.82) is 0 Å². The maximum Gasteiger partial charge on any atom is 0.266 e. The topological polar surface area (TPSA) is 60.2 Å². The lowest BCUT2D eigenvalue weighted by molar-refractivity contribution is -0.0278. The molecule has 3 heterocycles. The highest BCUT2D eigenvalue weighted by Gasteiger charge is 2.29. The number of carbonyl (C=O) groups is 1. The first-order chi connectivity index (χ1) is 10.1. The molecule has 0 radical (unpaired) electrons. The number of imidazole rings is 1. The summed E-state index contributed by atoms with van der Waals surface area (Å²) in [7, 11) is 1.95. The SMILES string of the molecule is Cc1cn(C)c([C@H]2CN(C(=O)c3scnc3C)CCO2)n1. The zero-order chi connectivity index (χ0) is 15.0. The third-order valence-electron chi connectivity index (χ3n) is 3.61. The lowest BCUT2D eigenvalue weighted by atomic mass is 10.2. The molecule has 6 nitrogen and oxygen atoms in total. The number of carbonyl (C=O) groups excluding carboxylic acids is 1. The molecule has 7 heteroatoms. The van der Waals surface area contributed by atoms with E-state index in [0.717, 1.165) is 17.2 Å². The van der Waals surface area contributed by atoms with E-state index >= 15 is 0 Å². The molecule has 2 aromatic rings. The van der Waals surface area contributed by atoms with Crippen molar-refractivity contribution in [1.82, 2.24) is 19.4 Å². The standard InChI is InChI=1S/C14H18N4O2S/c1-9-6-17(3)13(16-9)11-7-18(4-5-20-11)14(19)12-10(2)15-8-21-12/h6,8,11H,4-5,7H2,1-3H3/t11-/m1/s1. The van der Waals surface area contributed by atoms with Crippen LogP contribution in [0.4, 0.5) is 0 Å². The van der Waals surface area contributed by atoms with E-state index in [1.807, 2.05) is 36.6 Å². The van der Waals surface area contributed by atoms with Gasteiger partial charge in [0.2, 0.25) is 0 Å². The number of aromatic nitrogens is 3. The van der Waals surface area contributed by atoms with Crippen molar-refractivity contribution < 1.29 is 9.53 Å². The van der Waals surface area contributed by atoms with E-state index in [4.69, 9.17) is 4.74 Å². The molecular formula is C14H18N4O2S. The molecule has 112 valence electrons. The molecule has 0 aromatic carbocycles. The fraction of sp³-hybridized carbons (Fsp3) is 0.500. The van der Waals surface area contributed by atoms with Gasteiger partial charge in [-0.1, -0.05) is 0 Å². The Bertz CT molecular complexity index is 664. The second-order valence-corrected chi connectivity index (χ2v) is 6.08. The van der Waals surface area contributed by atoms with Gasteiger partial charge in [0.05, 0.1) is 30.1 Å². The zero-order valence-electron chi connectivity index (χ0n) is 12.4. The highest BCUT2D eigenvalue weighted by Crippen LogP contribution is 2.24. The van der Waals surface area contributed by atoms with Crippen LogP contribution >= 0.6 is 11.3 Å². The van der Waals surface area contributed by atoms with E-state index in [1.54, 1.807) is 5.51 Å². The van der Waals surface area contributed by atoms with Gasteiger partial charge in [0, 0.05) is 19.8 Å². The minimum absolute atomic E-state index is 0.0363. The Hall–Kier alpha value is -1.73. The van der Waals surface area contributed by atoms with Crippen molar-refractivity contribution in [3.05, 3.63) is 33.8 Å². The van der Waals surface area contributed by atoms with Crippen LogP contribution in [0.1, 0.15) is 33.0 Å². The molecule has 0 N–H and O–H groups in total. The van der Waals surface area contributed by atoms with E-state index in [9.17, 15) is 4.79 Å². The van der Waals surface area contributed by atoms with Gasteiger partial charge in [-0.2, -0.15) is 0 Å². The lowest BCUT2D eigenvalue weighted by Gasteiger charge is -2.32. The molecule has 1 saturated heterocycles. The minimum atomic E-state index is -0.172. The van der Waals surface area contributed by atoms with Crippen LogP contribution in [0.15, 0.2) is 11.7 Å². The summed E-state index contributed by atoms with van der Waals surface area (Å²) in [6, 6.07) is 0. The van der Waals surface area contributed by atoms with Crippen LogP contribution in [0.3, 0.4) is 0 Å². The Kier molecular flexibility index (Phi) is 3.77. The largest absolute Gasteiger partial charge is 0.367 e. The summed E-state index contributed by atoms with van der Waals surface area (Å²) in [5.41, 5.74) is 3.46. The van der Waals surface area contributed by atoms with Gasteiger partial charge in [0.25, 0.3) is 5.91 Å². The summed E-state index contributed by atoms with van der Waals surface area (Å²) >= 11 is 1.39. The molecule has 0 aliphatic carbocycles. The normalized spacial score (nSPS) is 19.0. The van der Waals surface area contributed by atoms with Gasteiger partial charge < -0.3 is 14.2 Å².